The number of nitrogens with two attached hydrogens (primary N) is 1. The Balaban J connectivity index is -0.000000320. The number of carbonyl (C=O) groups excluding carboxylic acids is 1. The lowest BCUT2D eigenvalue weighted by molar-refractivity contribution is -0.138. The normalized spacial score (nSPS) is 7.09. The van der Waals surface area contributed by atoms with Crippen LogP contribution < -0.4 is 5.73 Å². The minimum Gasteiger partial charge on any atom is -0.461 e. The SMILES string of the molecule is C.C.C=C(C)C(=O)OCCN. The van der Waals surface area contributed by atoms with Crippen molar-refractivity contribution >= 4 is 5.97 Å². The summed E-state index contributed by atoms with van der Waals surface area (Å²) in [7, 11) is 0. The zero-order valence-electron chi connectivity index (χ0n) is 5.52. The Morgan fingerprint density at radius 2 is 2.00 bits per heavy atom. The van der Waals surface area contributed by atoms with E-state index in [1.807, 2.05) is 0 Å². The molecular weight excluding hydrogens is 142 g/mol. The van der Waals surface area contributed by atoms with Gasteiger partial charge in [0.2, 0.25) is 0 Å². The Morgan fingerprint density at radius 3 is 2.27 bits per heavy atom. The fourth-order valence-corrected chi connectivity index (χ4v) is 0.275. The summed E-state index contributed by atoms with van der Waals surface area (Å²) in [5, 5.41) is 0. The molecule has 0 aliphatic rings. The zero-order chi connectivity index (χ0) is 7.28. The third kappa shape index (κ3) is 9.17. The first-order valence-corrected chi connectivity index (χ1v) is 2.71. The molecule has 0 aliphatic carbocycles. The lowest BCUT2D eigenvalue weighted by Gasteiger charge is -1.99. The van der Waals surface area contributed by atoms with E-state index in [0.29, 0.717) is 12.1 Å². The molecule has 0 saturated carbocycles. The third-order valence-corrected chi connectivity index (χ3v) is 0.699. The fraction of sp³-hybridized carbons (Fsp3) is 0.625. The standard InChI is InChI=1S/C6H11NO2.2CH4/c1-5(2)6(8)9-4-3-7;;/h1,3-4,7H2,2H3;2*1H4. The third-order valence-electron chi connectivity index (χ3n) is 0.699. The average Bonchev–Trinajstić information content (AvgIpc) is 1.82. The summed E-state index contributed by atoms with van der Waals surface area (Å²) < 4.78 is 4.59. The van der Waals surface area contributed by atoms with Crippen LogP contribution in [0.25, 0.3) is 0 Å². The summed E-state index contributed by atoms with van der Waals surface area (Å²) >= 11 is 0. The number of esters is 1. The molecule has 0 atom stereocenters. The Hall–Kier alpha value is -0.830. The predicted octanol–water partition coefficient (Wildman–Crippen LogP) is 1.34. The maximum atomic E-state index is 10.5. The van der Waals surface area contributed by atoms with Gasteiger partial charge in [0, 0.05) is 12.1 Å². The van der Waals surface area contributed by atoms with Crippen LogP contribution in [0.1, 0.15) is 21.8 Å². The number of rotatable bonds is 3. The van der Waals surface area contributed by atoms with Gasteiger partial charge in [-0.1, -0.05) is 21.4 Å². The average molecular weight is 161 g/mol. The molecule has 0 saturated heterocycles. The topological polar surface area (TPSA) is 52.3 Å². The molecule has 2 N–H and O–H groups in total. The molecule has 11 heavy (non-hydrogen) atoms. The van der Waals surface area contributed by atoms with E-state index in [4.69, 9.17) is 5.73 Å². The van der Waals surface area contributed by atoms with Gasteiger partial charge in [-0.2, -0.15) is 0 Å². The quantitative estimate of drug-likeness (QED) is 0.502. The molecule has 3 heteroatoms. The van der Waals surface area contributed by atoms with Gasteiger partial charge in [0.25, 0.3) is 0 Å². The zero-order valence-corrected chi connectivity index (χ0v) is 5.52. The highest BCUT2D eigenvalue weighted by molar-refractivity contribution is 5.86. The van der Waals surface area contributed by atoms with E-state index in [2.05, 4.69) is 11.3 Å². The molecule has 0 bridgehead atoms. The van der Waals surface area contributed by atoms with Crippen molar-refractivity contribution in [2.45, 2.75) is 21.8 Å². The monoisotopic (exact) mass is 161 g/mol. The van der Waals surface area contributed by atoms with E-state index in [1.165, 1.54) is 0 Å². The van der Waals surface area contributed by atoms with E-state index < -0.39 is 0 Å². The van der Waals surface area contributed by atoms with Crippen LogP contribution in [0.4, 0.5) is 0 Å². The minimum atomic E-state index is -0.375. The van der Waals surface area contributed by atoms with Crippen molar-refractivity contribution in [3.05, 3.63) is 12.2 Å². The van der Waals surface area contributed by atoms with Crippen LogP contribution >= 0.6 is 0 Å². The van der Waals surface area contributed by atoms with Crippen LogP contribution in [0, 0.1) is 0 Å². The number of hydrogen-bond donors (Lipinski definition) is 1. The smallest absolute Gasteiger partial charge is 0.333 e. The van der Waals surface area contributed by atoms with Crippen LogP contribution in [-0.4, -0.2) is 19.1 Å². The summed E-state index contributed by atoms with van der Waals surface area (Å²) in [5.41, 5.74) is 5.48. The number of hydrogen-bond acceptors (Lipinski definition) is 3. The Labute approximate surface area is 69.2 Å². The van der Waals surface area contributed by atoms with Crippen molar-refractivity contribution in [2.75, 3.05) is 13.2 Å². The molecule has 0 aromatic heterocycles. The first-order chi connectivity index (χ1) is 4.18. The first kappa shape index (κ1) is 16.6. The van der Waals surface area contributed by atoms with Crippen molar-refractivity contribution in [1.29, 1.82) is 0 Å². The summed E-state index contributed by atoms with van der Waals surface area (Å²) in [6.07, 6.45) is 0. The number of ether oxygens (including phenoxy) is 1. The van der Waals surface area contributed by atoms with E-state index in [0.717, 1.165) is 0 Å². The second kappa shape index (κ2) is 9.17. The fourth-order valence-electron chi connectivity index (χ4n) is 0.275. The lowest BCUT2D eigenvalue weighted by Crippen LogP contribution is -2.13. The first-order valence-electron chi connectivity index (χ1n) is 2.71. The van der Waals surface area contributed by atoms with E-state index in [1.54, 1.807) is 6.92 Å². The summed E-state index contributed by atoms with van der Waals surface area (Å²) in [4.78, 5) is 10.5. The largest absolute Gasteiger partial charge is 0.461 e. The van der Waals surface area contributed by atoms with E-state index in [-0.39, 0.29) is 27.4 Å². The molecule has 0 spiro atoms. The van der Waals surface area contributed by atoms with Crippen molar-refractivity contribution in [3.63, 3.8) is 0 Å². The van der Waals surface area contributed by atoms with Crippen LogP contribution in [-0.2, 0) is 9.53 Å². The predicted molar refractivity (Wildman–Crippen MR) is 48.3 cm³/mol. The number of carbonyl (C=O) groups is 1. The Morgan fingerprint density at radius 1 is 1.55 bits per heavy atom. The van der Waals surface area contributed by atoms with Crippen LogP contribution in [0.3, 0.4) is 0 Å². The second-order valence-corrected chi connectivity index (χ2v) is 1.70. The van der Waals surface area contributed by atoms with Crippen molar-refractivity contribution in [2.24, 2.45) is 5.73 Å². The minimum absolute atomic E-state index is 0. The van der Waals surface area contributed by atoms with Crippen LogP contribution in [0.15, 0.2) is 12.2 Å². The van der Waals surface area contributed by atoms with Gasteiger partial charge in [0.15, 0.2) is 0 Å². The molecule has 68 valence electrons. The lowest BCUT2D eigenvalue weighted by atomic mass is 10.4. The molecule has 0 heterocycles. The van der Waals surface area contributed by atoms with Crippen molar-refractivity contribution < 1.29 is 9.53 Å². The van der Waals surface area contributed by atoms with Gasteiger partial charge >= 0.3 is 5.97 Å². The van der Waals surface area contributed by atoms with Crippen molar-refractivity contribution in [3.8, 4) is 0 Å². The molecule has 0 aliphatic heterocycles. The second-order valence-electron chi connectivity index (χ2n) is 1.70. The van der Waals surface area contributed by atoms with Gasteiger partial charge in [0.1, 0.15) is 6.61 Å². The van der Waals surface area contributed by atoms with E-state index in [9.17, 15) is 4.79 Å². The van der Waals surface area contributed by atoms with Crippen LogP contribution in [0.2, 0.25) is 0 Å². The molecule has 0 amide bonds. The van der Waals surface area contributed by atoms with Gasteiger partial charge in [-0.25, -0.2) is 4.79 Å². The van der Waals surface area contributed by atoms with Gasteiger partial charge in [-0.05, 0) is 6.92 Å². The molecule has 0 radical (unpaired) electrons. The molecule has 0 aromatic rings. The Bertz CT molecular complexity index is 121. The summed E-state index contributed by atoms with van der Waals surface area (Å²) in [6, 6.07) is 0. The highest BCUT2D eigenvalue weighted by Gasteiger charge is 1.99. The maximum Gasteiger partial charge on any atom is 0.333 e. The molecular formula is C8H19NO2. The molecule has 3 nitrogen and oxygen atoms in total. The van der Waals surface area contributed by atoms with Crippen LogP contribution in [0.5, 0.6) is 0 Å². The maximum absolute atomic E-state index is 10.5. The molecule has 0 unspecified atom stereocenters. The Kier molecular flexibility index (Phi) is 13.9. The molecule has 0 fully saturated rings. The molecule has 0 rings (SSSR count). The highest BCUT2D eigenvalue weighted by atomic mass is 16.5. The summed E-state index contributed by atoms with van der Waals surface area (Å²) in [6.45, 7) is 5.62. The van der Waals surface area contributed by atoms with Gasteiger partial charge in [0.05, 0.1) is 0 Å². The van der Waals surface area contributed by atoms with E-state index >= 15 is 0 Å². The van der Waals surface area contributed by atoms with Gasteiger partial charge in [-0.3, -0.25) is 0 Å². The summed E-state index contributed by atoms with van der Waals surface area (Å²) in [5.74, 6) is -0.375. The molecule has 0 aromatic carbocycles. The van der Waals surface area contributed by atoms with Gasteiger partial charge in [-0.15, -0.1) is 0 Å². The van der Waals surface area contributed by atoms with Gasteiger partial charge < -0.3 is 10.5 Å². The van der Waals surface area contributed by atoms with Crippen molar-refractivity contribution in [1.82, 2.24) is 0 Å². The highest BCUT2D eigenvalue weighted by Crippen LogP contribution is 1.89.